The molecule has 4 nitrogen and oxygen atoms in total. The summed E-state index contributed by atoms with van der Waals surface area (Å²) in [6.45, 7) is 4.94. The average molecular weight is 647 g/mol. The van der Waals surface area contributed by atoms with E-state index in [1.54, 1.807) is 6.08 Å². The van der Waals surface area contributed by atoms with Crippen molar-refractivity contribution in [2.24, 2.45) is 5.92 Å². The lowest BCUT2D eigenvalue weighted by Crippen LogP contribution is -2.19. The van der Waals surface area contributed by atoms with Crippen molar-refractivity contribution in [3.05, 3.63) is 24.3 Å². The minimum absolute atomic E-state index is 0.191. The molecule has 1 atom stereocenters. The highest BCUT2D eigenvalue weighted by atomic mass is 16.5. The molecule has 0 amide bonds. The standard InChI is InChI=1S/C42H78O4/c1-3-5-7-9-11-13-15-17-19-20-21-22-23-24-26-28-30-32-34-36-38-46-42(45)40(39-41(43)44)37-35-33-31-29-27-25-18-16-14-12-10-8-6-4-2/h17,19,35,37,40H,3-16,18,20-34,36,38-39H2,1-2H3,(H,43,44). The first-order valence-electron chi connectivity index (χ1n) is 20.3. The molecule has 0 rings (SSSR count). The largest absolute Gasteiger partial charge is 0.481 e. The molecular weight excluding hydrogens is 568 g/mol. The summed E-state index contributed by atoms with van der Waals surface area (Å²) in [7, 11) is 0. The number of hydrogen-bond acceptors (Lipinski definition) is 3. The van der Waals surface area contributed by atoms with Crippen LogP contribution in [-0.4, -0.2) is 23.7 Å². The summed E-state index contributed by atoms with van der Waals surface area (Å²) in [5, 5.41) is 9.25. The number of carboxylic acids is 1. The molecule has 1 N–H and O–H groups in total. The van der Waals surface area contributed by atoms with Crippen LogP contribution < -0.4 is 0 Å². The Morgan fingerprint density at radius 3 is 1.17 bits per heavy atom. The molecule has 0 saturated heterocycles. The summed E-state index contributed by atoms with van der Waals surface area (Å²) >= 11 is 0. The molecule has 0 radical (unpaired) electrons. The van der Waals surface area contributed by atoms with Crippen molar-refractivity contribution in [1.29, 1.82) is 0 Å². The molecule has 0 fully saturated rings. The zero-order valence-corrected chi connectivity index (χ0v) is 30.9. The van der Waals surface area contributed by atoms with Crippen LogP contribution in [0.1, 0.15) is 219 Å². The molecule has 0 heterocycles. The van der Waals surface area contributed by atoms with Gasteiger partial charge in [-0.25, -0.2) is 0 Å². The highest BCUT2D eigenvalue weighted by molar-refractivity contribution is 5.80. The van der Waals surface area contributed by atoms with Crippen molar-refractivity contribution in [2.75, 3.05) is 6.61 Å². The Morgan fingerprint density at radius 1 is 0.478 bits per heavy atom. The monoisotopic (exact) mass is 647 g/mol. The van der Waals surface area contributed by atoms with Gasteiger partial charge in [0.2, 0.25) is 0 Å². The Labute approximate surface area is 287 Å². The number of aliphatic carboxylic acids is 1. The second-order valence-corrected chi connectivity index (χ2v) is 13.8. The maximum Gasteiger partial charge on any atom is 0.313 e. The van der Waals surface area contributed by atoms with Gasteiger partial charge in [0.15, 0.2) is 0 Å². The van der Waals surface area contributed by atoms with Crippen molar-refractivity contribution in [2.45, 2.75) is 219 Å². The molecule has 0 aromatic carbocycles. The molecule has 0 bridgehead atoms. The molecule has 0 aromatic heterocycles. The van der Waals surface area contributed by atoms with Crippen LogP contribution in [0.4, 0.5) is 0 Å². The van der Waals surface area contributed by atoms with Gasteiger partial charge in [-0.2, -0.15) is 0 Å². The van der Waals surface area contributed by atoms with Gasteiger partial charge in [-0.1, -0.05) is 192 Å². The summed E-state index contributed by atoms with van der Waals surface area (Å²) in [6, 6.07) is 0. The Hall–Kier alpha value is -1.58. The first kappa shape index (κ1) is 44.4. The number of rotatable bonds is 37. The molecule has 1 unspecified atom stereocenters. The Kier molecular flexibility index (Phi) is 36.6. The number of carboxylic acid groups (broad SMARTS) is 1. The number of carbonyl (C=O) groups excluding carboxylic acids is 1. The van der Waals surface area contributed by atoms with E-state index in [1.807, 2.05) is 6.08 Å². The predicted octanol–water partition coefficient (Wildman–Crippen LogP) is 13.9. The number of hydrogen-bond donors (Lipinski definition) is 1. The van der Waals surface area contributed by atoms with Crippen molar-refractivity contribution in [3.63, 3.8) is 0 Å². The molecule has 0 spiro atoms. The van der Waals surface area contributed by atoms with E-state index in [1.165, 1.54) is 173 Å². The molecule has 0 saturated carbocycles. The molecule has 0 aliphatic carbocycles. The van der Waals surface area contributed by atoms with Gasteiger partial charge >= 0.3 is 11.9 Å². The minimum Gasteiger partial charge on any atom is -0.481 e. The Morgan fingerprint density at radius 2 is 0.804 bits per heavy atom. The maximum atomic E-state index is 12.5. The molecule has 46 heavy (non-hydrogen) atoms. The van der Waals surface area contributed by atoms with E-state index in [-0.39, 0.29) is 12.4 Å². The second kappa shape index (κ2) is 37.9. The van der Waals surface area contributed by atoms with Crippen LogP contribution in [0, 0.1) is 5.92 Å². The molecule has 0 aliphatic rings. The SMILES string of the molecule is CCCCCCCCC=CCCCCCCCCCCCCOC(=O)C(C=CCCCCCCCCCCCCCC)CC(=O)O. The first-order chi connectivity index (χ1) is 22.6. The molecule has 0 aromatic rings. The highest BCUT2D eigenvalue weighted by Gasteiger charge is 2.20. The lowest BCUT2D eigenvalue weighted by Gasteiger charge is -2.11. The second-order valence-electron chi connectivity index (χ2n) is 13.8. The summed E-state index contributed by atoms with van der Waals surface area (Å²) in [5.74, 6) is -2.01. The third-order valence-electron chi connectivity index (χ3n) is 9.19. The average Bonchev–Trinajstić information content (AvgIpc) is 3.04. The van der Waals surface area contributed by atoms with Gasteiger partial charge in [0.1, 0.15) is 0 Å². The highest BCUT2D eigenvalue weighted by Crippen LogP contribution is 2.16. The van der Waals surface area contributed by atoms with Crippen LogP contribution in [0.15, 0.2) is 24.3 Å². The summed E-state index contributed by atoms with van der Waals surface area (Å²) in [5.41, 5.74) is 0. The van der Waals surface area contributed by atoms with Crippen LogP contribution in [0.5, 0.6) is 0 Å². The van der Waals surface area contributed by atoms with Crippen molar-refractivity contribution in [1.82, 2.24) is 0 Å². The number of allylic oxidation sites excluding steroid dienone is 3. The van der Waals surface area contributed by atoms with E-state index >= 15 is 0 Å². The van der Waals surface area contributed by atoms with E-state index in [0.29, 0.717) is 6.61 Å². The van der Waals surface area contributed by atoms with Gasteiger partial charge in [0, 0.05) is 0 Å². The fraction of sp³-hybridized carbons (Fsp3) is 0.857. The number of ether oxygens (including phenoxy) is 1. The van der Waals surface area contributed by atoms with Gasteiger partial charge < -0.3 is 9.84 Å². The fourth-order valence-electron chi connectivity index (χ4n) is 6.12. The van der Waals surface area contributed by atoms with Crippen molar-refractivity contribution < 1.29 is 19.4 Å². The van der Waals surface area contributed by atoms with Gasteiger partial charge in [-0.15, -0.1) is 0 Å². The van der Waals surface area contributed by atoms with Gasteiger partial charge in [0.05, 0.1) is 18.9 Å². The smallest absolute Gasteiger partial charge is 0.313 e. The van der Waals surface area contributed by atoms with Crippen LogP contribution in [-0.2, 0) is 14.3 Å². The normalized spacial score (nSPS) is 12.4. The number of unbranched alkanes of at least 4 members (excludes halogenated alkanes) is 28. The molecule has 0 aliphatic heterocycles. The zero-order chi connectivity index (χ0) is 33.6. The maximum absolute atomic E-state index is 12.5. The van der Waals surface area contributed by atoms with E-state index in [9.17, 15) is 14.7 Å². The van der Waals surface area contributed by atoms with Gasteiger partial charge in [0.25, 0.3) is 0 Å². The third kappa shape index (κ3) is 35.3. The van der Waals surface area contributed by atoms with E-state index < -0.39 is 11.9 Å². The van der Waals surface area contributed by atoms with Crippen LogP contribution in [0.2, 0.25) is 0 Å². The van der Waals surface area contributed by atoms with E-state index in [2.05, 4.69) is 26.0 Å². The van der Waals surface area contributed by atoms with Crippen LogP contribution in [0.25, 0.3) is 0 Å². The first-order valence-corrected chi connectivity index (χ1v) is 20.3. The summed E-state index contributed by atoms with van der Waals surface area (Å²) < 4.78 is 5.45. The third-order valence-corrected chi connectivity index (χ3v) is 9.19. The van der Waals surface area contributed by atoms with E-state index in [4.69, 9.17) is 4.74 Å². The lowest BCUT2D eigenvalue weighted by atomic mass is 10.0. The molecular formula is C42H78O4. The summed E-state index contributed by atoms with van der Waals surface area (Å²) in [6.07, 6.45) is 48.2. The fourth-order valence-corrected chi connectivity index (χ4v) is 6.12. The topological polar surface area (TPSA) is 63.6 Å². The Bertz CT molecular complexity index is 698. The van der Waals surface area contributed by atoms with Crippen molar-refractivity contribution >= 4 is 11.9 Å². The lowest BCUT2D eigenvalue weighted by molar-refractivity contribution is -0.151. The zero-order valence-electron chi connectivity index (χ0n) is 30.9. The number of carbonyl (C=O) groups is 2. The molecule has 4 heteroatoms. The van der Waals surface area contributed by atoms with Gasteiger partial charge in [-0.05, 0) is 44.9 Å². The minimum atomic E-state index is -0.951. The van der Waals surface area contributed by atoms with Crippen molar-refractivity contribution in [3.8, 4) is 0 Å². The number of esters is 1. The van der Waals surface area contributed by atoms with Crippen LogP contribution in [0.3, 0.4) is 0 Å². The van der Waals surface area contributed by atoms with Gasteiger partial charge in [-0.3, -0.25) is 9.59 Å². The Balaban J connectivity index is 3.65. The quantitative estimate of drug-likeness (QED) is 0.0414. The van der Waals surface area contributed by atoms with E-state index in [0.717, 1.165) is 25.7 Å². The summed E-state index contributed by atoms with van der Waals surface area (Å²) in [4.78, 5) is 23.8. The molecule has 270 valence electrons. The van der Waals surface area contributed by atoms with Crippen LogP contribution >= 0.6 is 0 Å². The predicted molar refractivity (Wildman–Crippen MR) is 199 cm³/mol.